The van der Waals surface area contributed by atoms with Gasteiger partial charge in [0.25, 0.3) is 0 Å². The zero-order valence-corrected chi connectivity index (χ0v) is 12.1. The van der Waals surface area contributed by atoms with Crippen LogP contribution in [0.5, 0.6) is 0 Å². The summed E-state index contributed by atoms with van der Waals surface area (Å²) in [5, 5.41) is 4.14. The molecule has 0 saturated heterocycles. The van der Waals surface area contributed by atoms with Gasteiger partial charge in [-0.05, 0) is 29.9 Å². The first-order chi connectivity index (χ1) is 10.2. The average molecular weight is 285 g/mol. The van der Waals surface area contributed by atoms with Gasteiger partial charge in [0.1, 0.15) is 5.78 Å². The molecule has 1 aliphatic heterocycles. The Morgan fingerprint density at radius 1 is 1.33 bits per heavy atom. The summed E-state index contributed by atoms with van der Waals surface area (Å²) in [6.45, 7) is 2.16. The van der Waals surface area contributed by atoms with E-state index in [1.807, 2.05) is 6.08 Å². The summed E-state index contributed by atoms with van der Waals surface area (Å²) in [5.74, 6) is 0.649. The lowest BCUT2D eigenvalue weighted by atomic mass is 9.80. The number of Topliss-reactive ketones (excluding diaryl/α,β-unsaturated/α-hetero) is 1. The van der Waals surface area contributed by atoms with Gasteiger partial charge in [-0.15, -0.1) is 0 Å². The van der Waals surface area contributed by atoms with Gasteiger partial charge in [-0.1, -0.05) is 36.4 Å². The molecule has 110 valence electrons. The first-order valence-corrected chi connectivity index (χ1v) is 7.47. The summed E-state index contributed by atoms with van der Waals surface area (Å²) < 4.78 is 0. The zero-order valence-electron chi connectivity index (χ0n) is 12.1. The van der Waals surface area contributed by atoms with Crippen LogP contribution < -0.4 is 0 Å². The number of ketones is 1. The van der Waals surface area contributed by atoms with Crippen LogP contribution in [0.15, 0.2) is 40.6 Å². The van der Waals surface area contributed by atoms with Gasteiger partial charge in [-0.25, -0.2) is 0 Å². The summed E-state index contributed by atoms with van der Waals surface area (Å²) in [6, 6.07) is 0. The largest absolute Gasteiger partial charge is 0.383 e. The maximum Gasteiger partial charge on any atom is 0.194 e. The van der Waals surface area contributed by atoms with Crippen molar-refractivity contribution in [3.05, 3.63) is 35.5 Å². The Morgan fingerprint density at radius 3 is 2.81 bits per heavy atom. The van der Waals surface area contributed by atoms with E-state index in [2.05, 4.69) is 30.3 Å². The van der Waals surface area contributed by atoms with Crippen molar-refractivity contribution in [2.75, 3.05) is 0 Å². The fourth-order valence-electron chi connectivity index (χ4n) is 3.02. The fraction of sp³-hybridized carbons (Fsp3) is 0.471. The van der Waals surface area contributed by atoms with E-state index < -0.39 is 6.10 Å². The minimum absolute atomic E-state index is 0.134. The molecule has 0 bridgehead atoms. The van der Waals surface area contributed by atoms with Crippen LogP contribution in [0.2, 0.25) is 0 Å². The molecule has 0 aromatic heterocycles. The molecule has 1 heterocycles. The van der Waals surface area contributed by atoms with Crippen LogP contribution in [0, 0.1) is 11.8 Å². The number of oxime groups is 1. The van der Waals surface area contributed by atoms with Crippen molar-refractivity contribution in [1.82, 2.24) is 0 Å². The summed E-state index contributed by atoms with van der Waals surface area (Å²) in [4.78, 5) is 28.0. The fourth-order valence-corrected chi connectivity index (χ4v) is 3.02. The second kappa shape index (κ2) is 5.80. The predicted molar refractivity (Wildman–Crippen MR) is 79.8 cm³/mol. The summed E-state index contributed by atoms with van der Waals surface area (Å²) in [6.07, 6.45) is 11.3. The minimum atomic E-state index is -0.553. The number of nitrogens with zero attached hydrogens (tertiary/aromatic N) is 1. The topological polar surface area (TPSA) is 55.7 Å². The molecule has 3 atom stereocenters. The first kappa shape index (κ1) is 14.0. The number of hydrogen-bond acceptors (Lipinski definition) is 4. The molecule has 3 unspecified atom stereocenters. The molecule has 0 spiro atoms. The Kier molecular flexibility index (Phi) is 3.86. The lowest BCUT2D eigenvalue weighted by molar-refractivity contribution is -0.118. The van der Waals surface area contributed by atoms with Crippen molar-refractivity contribution in [3.8, 4) is 0 Å². The summed E-state index contributed by atoms with van der Waals surface area (Å²) in [5.41, 5.74) is 2.97. The molecule has 4 nitrogen and oxygen atoms in total. The van der Waals surface area contributed by atoms with Gasteiger partial charge >= 0.3 is 0 Å². The number of rotatable bonds is 3. The monoisotopic (exact) mass is 285 g/mol. The van der Waals surface area contributed by atoms with Crippen LogP contribution in [-0.2, 0) is 14.4 Å². The second-order valence-corrected chi connectivity index (χ2v) is 5.91. The third kappa shape index (κ3) is 2.75. The standard InChI is InChI=1S/C17H19NO3/c1-11-2-4-12(5-3-11)16-15(10-19)21-18-17(16)13-6-8-14(20)9-7-13/h2,4-6,10-11,15-16H,3,7-9H2,1H3. The Morgan fingerprint density at radius 2 is 2.19 bits per heavy atom. The number of allylic oxidation sites excluding steroid dienone is 5. The average Bonchev–Trinajstić information content (AvgIpc) is 2.93. The van der Waals surface area contributed by atoms with E-state index in [-0.39, 0.29) is 11.7 Å². The molecule has 21 heavy (non-hydrogen) atoms. The lowest BCUT2D eigenvalue weighted by Gasteiger charge is -2.22. The van der Waals surface area contributed by atoms with E-state index in [1.54, 1.807) is 0 Å². The van der Waals surface area contributed by atoms with Crippen LogP contribution in [-0.4, -0.2) is 23.9 Å². The number of carbonyl (C=O) groups is 2. The lowest BCUT2D eigenvalue weighted by Crippen LogP contribution is -2.28. The normalized spacial score (nSPS) is 32.1. The van der Waals surface area contributed by atoms with Gasteiger partial charge in [0.05, 0.1) is 11.6 Å². The zero-order chi connectivity index (χ0) is 14.8. The van der Waals surface area contributed by atoms with E-state index in [4.69, 9.17) is 4.84 Å². The molecule has 4 heteroatoms. The molecule has 0 aromatic carbocycles. The van der Waals surface area contributed by atoms with Gasteiger partial charge < -0.3 is 4.84 Å². The molecule has 3 rings (SSSR count). The molecule has 0 aromatic rings. The Hall–Kier alpha value is -1.97. The molecule has 0 radical (unpaired) electrons. The molecule has 0 amide bonds. The van der Waals surface area contributed by atoms with Crippen molar-refractivity contribution in [3.63, 3.8) is 0 Å². The van der Waals surface area contributed by atoms with Crippen LogP contribution in [0.1, 0.15) is 32.6 Å². The number of carbonyl (C=O) groups excluding carboxylic acids is 2. The van der Waals surface area contributed by atoms with Crippen LogP contribution >= 0.6 is 0 Å². The molecule has 0 N–H and O–H groups in total. The van der Waals surface area contributed by atoms with Crippen molar-refractivity contribution in [2.24, 2.45) is 17.0 Å². The minimum Gasteiger partial charge on any atom is -0.383 e. The van der Waals surface area contributed by atoms with Crippen molar-refractivity contribution < 1.29 is 14.4 Å². The van der Waals surface area contributed by atoms with Crippen LogP contribution in [0.25, 0.3) is 0 Å². The molecule has 2 aliphatic carbocycles. The maximum atomic E-state index is 11.4. The number of hydrogen-bond donors (Lipinski definition) is 0. The molecule has 0 fully saturated rings. The van der Waals surface area contributed by atoms with Crippen LogP contribution in [0.4, 0.5) is 0 Å². The number of aldehydes is 1. The highest BCUT2D eigenvalue weighted by atomic mass is 16.6. The van der Waals surface area contributed by atoms with Gasteiger partial charge in [0.2, 0.25) is 0 Å². The quantitative estimate of drug-likeness (QED) is 0.749. The van der Waals surface area contributed by atoms with Crippen molar-refractivity contribution in [1.29, 1.82) is 0 Å². The van der Waals surface area contributed by atoms with E-state index in [1.165, 1.54) is 0 Å². The third-order valence-electron chi connectivity index (χ3n) is 4.31. The summed E-state index contributed by atoms with van der Waals surface area (Å²) in [7, 11) is 0. The van der Waals surface area contributed by atoms with Crippen molar-refractivity contribution in [2.45, 2.75) is 38.7 Å². The van der Waals surface area contributed by atoms with Gasteiger partial charge in [0.15, 0.2) is 12.4 Å². The van der Waals surface area contributed by atoms with E-state index >= 15 is 0 Å². The molecule has 3 aliphatic rings. The van der Waals surface area contributed by atoms with Gasteiger partial charge in [-0.3, -0.25) is 9.59 Å². The maximum absolute atomic E-state index is 11.4. The smallest absolute Gasteiger partial charge is 0.194 e. The molecular weight excluding hydrogens is 266 g/mol. The summed E-state index contributed by atoms with van der Waals surface area (Å²) >= 11 is 0. The predicted octanol–water partition coefficient (Wildman–Crippen LogP) is 2.76. The van der Waals surface area contributed by atoms with E-state index in [0.29, 0.717) is 25.2 Å². The van der Waals surface area contributed by atoms with Crippen molar-refractivity contribution >= 4 is 17.8 Å². The highest BCUT2D eigenvalue weighted by Crippen LogP contribution is 2.34. The molecular formula is C17H19NO3. The van der Waals surface area contributed by atoms with E-state index in [0.717, 1.165) is 29.6 Å². The SMILES string of the molecule is CC1C=CC(C2C(C3=CCC(=O)CC3)=NOC2C=O)=CC1. The first-order valence-electron chi connectivity index (χ1n) is 7.47. The second-order valence-electron chi connectivity index (χ2n) is 5.91. The Labute approximate surface area is 124 Å². The van der Waals surface area contributed by atoms with Gasteiger partial charge in [-0.2, -0.15) is 0 Å². The highest BCUT2D eigenvalue weighted by Gasteiger charge is 2.38. The Balaban J connectivity index is 1.88. The van der Waals surface area contributed by atoms with E-state index in [9.17, 15) is 9.59 Å². The Bertz CT molecular complexity index is 583. The highest BCUT2D eigenvalue weighted by molar-refractivity contribution is 6.07. The van der Waals surface area contributed by atoms with Crippen LogP contribution in [0.3, 0.4) is 0 Å². The third-order valence-corrected chi connectivity index (χ3v) is 4.31. The van der Waals surface area contributed by atoms with Gasteiger partial charge in [0, 0.05) is 12.8 Å². The molecule has 0 saturated carbocycles.